The van der Waals surface area contributed by atoms with Gasteiger partial charge in [0, 0.05) is 5.56 Å². The highest BCUT2D eigenvalue weighted by Gasteiger charge is 2.20. The zero-order valence-electron chi connectivity index (χ0n) is 11.2. The summed E-state index contributed by atoms with van der Waals surface area (Å²) >= 11 is 0. The van der Waals surface area contributed by atoms with Crippen LogP contribution < -0.4 is 4.72 Å². The molecule has 1 N–H and O–H groups in total. The Morgan fingerprint density at radius 3 is 2.60 bits per heavy atom. The van der Waals surface area contributed by atoms with Gasteiger partial charge in [-0.2, -0.15) is 0 Å². The maximum Gasteiger partial charge on any atom is 0.241 e. The summed E-state index contributed by atoms with van der Waals surface area (Å²) < 4.78 is 32.2. The number of furan rings is 1. The lowest BCUT2D eigenvalue weighted by Gasteiger charge is -2.12. The minimum atomic E-state index is -3.70. The number of carbonyl (C=O) groups is 1. The normalized spacial score (nSPS) is 13.1. The highest BCUT2D eigenvalue weighted by Crippen LogP contribution is 2.18. The maximum atomic E-state index is 12.2. The molecule has 0 amide bonds. The predicted octanol–water partition coefficient (Wildman–Crippen LogP) is 2.52. The van der Waals surface area contributed by atoms with Gasteiger partial charge in [0.25, 0.3) is 0 Å². The van der Waals surface area contributed by atoms with Crippen molar-refractivity contribution in [1.82, 2.24) is 4.72 Å². The van der Waals surface area contributed by atoms with Crippen molar-refractivity contribution < 1.29 is 17.6 Å². The van der Waals surface area contributed by atoms with Crippen molar-refractivity contribution in [1.29, 1.82) is 0 Å². The zero-order valence-corrected chi connectivity index (χ0v) is 12.0. The van der Waals surface area contributed by atoms with Crippen molar-refractivity contribution in [2.75, 3.05) is 0 Å². The van der Waals surface area contributed by atoms with Crippen molar-refractivity contribution in [2.45, 2.75) is 24.8 Å². The molecule has 2 rings (SSSR count). The molecule has 2 aromatic rings. The lowest BCUT2D eigenvalue weighted by atomic mass is 10.2. The summed E-state index contributed by atoms with van der Waals surface area (Å²) in [5.41, 5.74) is 0.360. The lowest BCUT2D eigenvalue weighted by Crippen LogP contribution is -2.26. The molecular weight excluding hydrogens is 278 g/mol. The lowest BCUT2D eigenvalue weighted by molar-refractivity contribution is 0.101. The van der Waals surface area contributed by atoms with Crippen molar-refractivity contribution in [3.63, 3.8) is 0 Å². The van der Waals surface area contributed by atoms with E-state index in [1.54, 1.807) is 31.2 Å². The van der Waals surface area contributed by atoms with Gasteiger partial charge in [0.1, 0.15) is 5.76 Å². The van der Waals surface area contributed by atoms with Crippen LogP contribution >= 0.6 is 0 Å². The van der Waals surface area contributed by atoms with E-state index < -0.39 is 16.1 Å². The first-order valence-electron chi connectivity index (χ1n) is 6.07. The van der Waals surface area contributed by atoms with E-state index in [0.29, 0.717) is 11.3 Å². The molecule has 0 unspecified atom stereocenters. The smallest absolute Gasteiger partial charge is 0.241 e. The summed E-state index contributed by atoms with van der Waals surface area (Å²) in [6, 6.07) is 8.83. The Morgan fingerprint density at radius 2 is 2.00 bits per heavy atom. The van der Waals surface area contributed by atoms with Gasteiger partial charge >= 0.3 is 0 Å². The number of hydrogen-bond donors (Lipinski definition) is 1. The molecule has 1 heterocycles. The second kappa shape index (κ2) is 5.60. The third kappa shape index (κ3) is 3.15. The third-order valence-electron chi connectivity index (χ3n) is 2.85. The van der Waals surface area contributed by atoms with Crippen LogP contribution in [-0.4, -0.2) is 14.2 Å². The fourth-order valence-corrected chi connectivity index (χ4v) is 3.04. The number of carbonyl (C=O) groups excluding carboxylic acids is 1. The zero-order chi connectivity index (χ0) is 14.8. The molecule has 6 heteroatoms. The molecule has 106 valence electrons. The molecule has 0 aliphatic rings. The minimum Gasteiger partial charge on any atom is -0.468 e. The molecule has 0 saturated heterocycles. The Hall–Kier alpha value is -1.92. The number of rotatable bonds is 5. The number of Topliss-reactive ketones (excluding diaryl/α,β-unsaturated/α-hetero) is 1. The van der Waals surface area contributed by atoms with Crippen molar-refractivity contribution in [3.8, 4) is 0 Å². The van der Waals surface area contributed by atoms with E-state index in [0.717, 1.165) is 0 Å². The summed E-state index contributed by atoms with van der Waals surface area (Å²) in [5, 5.41) is 0. The van der Waals surface area contributed by atoms with Crippen LogP contribution in [0.1, 0.15) is 36.0 Å². The van der Waals surface area contributed by atoms with E-state index in [4.69, 9.17) is 4.42 Å². The van der Waals surface area contributed by atoms with E-state index >= 15 is 0 Å². The minimum absolute atomic E-state index is 0.0589. The molecule has 0 aliphatic carbocycles. The number of sulfonamides is 1. The van der Waals surface area contributed by atoms with Gasteiger partial charge < -0.3 is 4.42 Å². The van der Waals surface area contributed by atoms with Crippen LogP contribution in [0.4, 0.5) is 0 Å². The van der Waals surface area contributed by atoms with E-state index in [2.05, 4.69) is 4.72 Å². The molecule has 0 fully saturated rings. The number of benzene rings is 1. The van der Waals surface area contributed by atoms with Gasteiger partial charge in [0.2, 0.25) is 10.0 Å². The van der Waals surface area contributed by atoms with Gasteiger partial charge in [0.15, 0.2) is 5.78 Å². The van der Waals surface area contributed by atoms with Gasteiger partial charge in [-0.25, -0.2) is 13.1 Å². The highest BCUT2D eigenvalue weighted by molar-refractivity contribution is 7.89. The second-order valence-corrected chi connectivity index (χ2v) is 6.16. The molecule has 0 spiro atoms. The van der Waals surface area contributed by atoms with Crippen LogP contribution in [-0.2, 0) is 10.0 Å². The molecule has 1 aromatic heterocycles. The number of ketones is 1. The SMILES string of the molecule is CC(=O)c1cccc(S(=O)(=O)N[C@H](C)c2ccco2)c1. The van der Waals surface area contributed by atoms with Gasteiger partial charge in [0.05, 0.1) is 17.2 Å². The first-order valence-corrected chi connectivity index (χ1v) is 7.55. The van der Waals surface area contributed by atoms with E-state index in [1.165, 1.54) is 25.3 Å². The number of hydrogen-bond acceptors (Lipinski definition) is 4. The van der Waals surface area contributed by atoms with Gasteiger partial charge in [-0.15, -0.1) is 0 Å². The highest BCUT2D eigenvalue weighted by atomic mass is 32.2. The summed E-state index contributed by atoms with van der Waals surface area (Å²) in [7, 11) is -3.70. The molecule has 0 bridgehead atoms. The Labute approximate surface area is 117 Å². The molecule has 1 atom stereocenters. The topological polar surface area (TPSA) is 76.4 Å². The van der Waals surface area contributed by atoms with Gasteiger partial charge in [-0.3, -0.25) is 4.79 Å². The summed E-state index contributed by atoms with van der Waals surface area (Å²) in [5.74, 6) is 0.345. The Kier molecular flexibility index (Phi) is 4.06. The van der Waals surface area contributed by atoms with Crippen molar-refractivity contribution in [3.05, 3.63) is 54.0 Å². The quantitative estimate of drug-likeness (QED) is 0.859. The average molecular weight is 293 g/mol. The molecule has 20 heavy (non-hydrogen) atoms. The fourth-order valence-electron chi connectivity index (χ4n) is 1.78. The predicted molar refractivity (Wildman–Crippen MR) is 73.9 cm³/mol. The Balaban J connectivity index is 2.26. The molecule has 1 aromatic carbocycles. The van der Waals surface area contributed by atoms with Crippen LogP contribution in [0.2, 0.25) is 0 Å². The Bertz CT molecular complexity index is 705. The van der Waals surface area contributed by atoms with Crippen LogP contribution in [0, 0.1) is 0 Å². The summed E-state index contributed by atoms with van der Waals surface area (Å²) in [6.07, 6.45) is 1.48. The summed E-state index contributed by atoms with van der Waals surface area (Å²) in [6.45, 7) is 3.08. The van der Waals surface area contributed by atoms with Crippen LogP contribution in [0.15, 0.2) is 52.0 Å². The van der Waals surface area contributed by atoms with Crippen LogP contribution in [0.5, 0.6) is 0 Å². The van der Waals surface area contributed by atoms with Crippen molar-refractivity contribution in [2.24, 2.45) is 0 Å². The van der Waals surface area contributed by atoms with Crippen LogP contribution in [0.3, 0.4) is 0 Å². The third-order valence-corrected chi connectivity index (χ3v) is 4.39. The van der Waals surface area contributed by atoms with Gasteiger partial charge in [-0.1, -0.05) is 12.1 Å². The molecule has 0 saturated carbocycles. The van der Waals surface area contributed by atoms with E-state index in [-0.39, 0.29) is 10.7 Å². The van der Waals surface area contributed by atoms with Gasteiger partial charge in [-0.05, 0) is 38.1 Å². The summed E-state index contributed by atoms with van der Waals surface area (Å²) in [4.78, 5) is 11.4. The molecular formula is C14H15NO4S. The molecule has 0 radical (unpaired) electrons. The van der Waals surface area contributed by atoms with E-state index in [1.807, 2.05) is 0 Å². The first kappa shape index (κ1) is 14.5. The standard InChI is InChI=1S/C14H15NO4S/c1-10(14-7-4-8-19-14)15-20(17,18)13-6-3-5-12(9-13)11(2)16/h3-10,15H,1-2H3/t10-/m1/s1. The van der Waals surface area contributed by atoms with E-state index in [9.17, 15) is 13.2 Å². The second-order valence-electron chi connectivity index (χ2n) is 4.44. The Morgan fingerprint density at radius 1 is 1.25 bits per heavy atom. The molecule has 0 aliphatic heterocycles. The largest absolute Gasteiger partial charge is 0.468 e. The molecule has 5 nitrogen and oxygen atoms in total. The maximum absolute atomic E-state index is 12.2. The first-order chi connectivity index (χ1) is 9.40. The fraction of sp³-hybridized carbons (Fsp3) is 0.214. The van der Waals surface area contributed by atoms with Crippen LogP contribution in [0.25, 0.3) is 0 Å². The average Bonchev–Trinajstić information content (AvgIpc) is 2.92. The number of nitrogens with one attached hydrogen (secondary N) is 1. The van der Waals surface area contributed by atoms with Crippen molar-refractivity contribution >= 4 is 15.8 Å². The monoisotopic (exact) mass is 293 g/mol.